The van der Waals surface area contributed by atoms with Crippen LogP contribution in [0.2, 0.25) is 0 Å². The lowest BCUT2D eigenvalue weighted by Crippen LogP contribution is -2.04. The first kappa shape index (κ1) is 14.6. The van der Waals surface area contributed by atoms with Crippen molar-refractivity contribution in [3.63, 3.8) is 0 Å². The van der Waals surface area contributed by atoms with Crippen molar-refractivity contribution in [2.75, 3.05) is 7.11 Å². The molecule has 0 fully saturated rings. The van der Waals surface area contributed by atoms with Crippen LogP contribution in [0.5, 0.6) is 5.75 Å². The van der Waals surface area contributed by atoms with Crippen LogP contribution >= 0.6 is 0 Å². The fraction of sp³-hybridized carbons (Fsp3) is 0.316. The van der Waals surface area contributed by atoms with E-state index in [9.17, 15) is 4.79 Å². The first-order valence-corrected chi connectivity index (χ1v) is 7.66. The van der Waals surface area contributed by atoms with Crippen molar-refractivity contribution in [1.29, 1.82) is 0 Å². The SMILES string of the molecule is COC(=O)CCc1ccc(OC2CCc3ccccc32)cc1. The van der Waals surface area contributed by atoms with Crippen molar-refractivity contribution in [1.82, 2.24) is 0 Å². The normalized spacial score (nSPS) is 16.1. The van der Waals surface area contributed by atoms with Crippen molar-refractivity contribution < 1.29 is 14.3 Å². The Morgan fingerprint density at radius 2 is 1.91 bits per heavy atom. The molecular weight excluding hydrogens is 276 g/mol. The maximum Gasteiger partial charge on any atom is 0.305 e. The number of aryl methyl sites for hydroxylation is 2. The predicted octanol–water partition coefficient (Wildman–Crippen LogP) is 3.86. The lowest BCUT2D eigenvalue weighted by atomic mass is 10.1. The number of esters is 1. The average molecular weight is 296 g/mol. The van der Waals surface area contributed by atoms with E-state index in [4.69, 9.17) is 4.74 Å². The van der Waals surface area contributed by atoms with Crippen LogP contribution in [-0.4, -0.2) is 13.1 Å². The monoisotopic (exact) mass is 296 g/mol. The quantitative estimate of drug-likeness (QED) is 0.786. The summed E-state index contributed by atoms with van der Waals surface area (Å²) in [4.78, 5) is 11.2. The molecule has 0 heterocycles. The average Bonchev–Trinajstić information content (AvgIpc) is 2.97. The number of carbonyl (C=O) groups is 1. The van der Waals surface area contributed by atoms with Crippen molar-refractivity contribution in [2.45, 2.75) is 31.8 Å². The smallest absolute Gasteiger partial charge is 0.305 e. The van der Waals surface area contributed by atoms with E-state index in [1.807, 2.05) is 24.3 Å². The minimum atomic E-state index is -0.178. The Bertz CT molecular complexity index is 646. The van der Waals surface area contributed by atoms with Crippen molar-refractivity contribution in [3.05, 3.63) is 65.2 Å². The van der Waals surface area contributed by atoms with Crippen LogP contribution in [-0.2, 0) is 22.4 Å². The Morgan fingerprint density at radius 1 is 1.14 bits per heavy atom. The summed E-state index contributed by atoms with van der Waals surface area (Å²) in [7, 11) is 1.42. The third-order valence-electron chi connectivity index (χ3n) is 4.13. The molecular formula is C19H20O3. The molecule has 0 saturated heterocycles. The number of hydrogen-bond acceptors (Lipinski definition) is 3. The first-order chi connectivity index (χ1) is 10.8. The van der Waals surface area contributed by atoms with Crippen LogP contribution in [0.1, 0.15) is 35.6 Å². The van der Waals surface area contributed by atoms with E-state index in [1.54, 1.807) is 0 Å². The molecule has 1 aliphatic rings. The summed E-state index contributed by atoms with van der Waals surface area (Å²) in [5.41, 5.74) is 3.81. The van der Waals surface area contributed by atoms with Crippen LogP contribution in [0.4, 0.5) is 0 Å². The van der Waals surface area contributed by atoms with Crippen molar-refractivity contribution >= 4 is 5.97 Å². The Kier molecular flexibility index (Phi) is 4.42. The van der Waals surface area contributed by atoms with Crippen LogP contribution in [0.3, 0.4) is 0 Å². The molecule has 22 heavy (non-hydrogen) atoms. The molecule has 0 N–H and O–H groups in total. The molecule has 2 aromatic rings. The van der Waals surface area contributed by atoms with E-state index in [1.165, 1.54) is 18.2 Å². The number of methoxy groups -OCH3 is 1. The Morgan fingerprint density at radius 3 is 2.68 bits per heavy atom. The Hall–Kier alpha value is -2.29. The highest BCUT2D eigenvalue weighted by atomic mass is 16.5. The molecule has 3 heteroatoms. The number of rotatable bonds is 5. The maximum atomic E-state index is 11.2. The number of benzene rings is 2. The molecule has 114 valence electrons. The topological polar surface area (TPSA) is 35.5 Å². The van der Waals surface area contributed by atoms with Gasteiger partial charge in [0.1, 0.15) is 11.9 Å². The molecule has 3 rings (SSSR count). The summed E-state index contributed by atoms with van der Waals surface area (Å²) in [6, 6.07) is 16.5. The zero-order valence-electron chi connectivity index (χ0n) is 12.7. The standard InChI is InChI=1S/C19H20O3/c1-21-19(20)13-8-14-6-10-16(11-7-14)22-18-12-9-15-4-2-3-5-17(15)18/h2-7,10-11,18H,8-9,12-13H2,1H3. The molecule has 0 aliphatic heterocycles. The van der Waals surface area contributed by atoms with Gasteiger partial charge in [-0.3, -0.25) is 4.79 Å². The van der Waals surface area contributed by atoms with Gasteiger partial charge in [-0.1, -0.05) is 36.4 Å². The second-order valence-electron chi connectivity index (χ2n) is 5.56. The van der Waals surface area contributed by atoms with E-state index in [0.717, 1.165) is 24.2 Å². The zero-order valence-corrected chi connectivity index (χ0v) is 12.7. The van der Waals surface area contributed by atoms with Gasteiger partial charge in [-0.25, -0.2) is 0 Å². The van der Waals surface area contributed by atoms with Crippen LogP contribution < -0.4 is 4.74 Å². The number of carbonyl (C=O) groups excluding carboxylic acids is 1. The summed E-state index contributed by atoms with van der Waals surface area (Å²) in [5.74, 6) is 0.700. The fourth-order valence-corrected chi connectivity index (χ4v) is 2.89. The van der Waals surface area contributed by atoms with Crippen LogP contribution in [0.25, 0.3) is 0 Å². The second-order valence-corrected chi connectivity index (χ2v) is 5.56. The Labute approximate surface area is 130 Å². The third-order valence-corrected chi connectivity index (χ3v) is 4.13. The van der Waals surface area contributed by atoms with Gasteiger partial charge in [-0.2, -0.15) is 0 Å². The highest BCUT2D eigenvalue weighted by Crippen LogP contribution is 2.34. The summed E-state index contributed by atoms with van der Waals surface area (Å²) in [6.45, 7) is 0. The molecule has 0 spiro atoms. The molecule has 0 aromatic heterocycles. The highest BCUT2D eigenvalue weighted by molar-refractivity contribution is 5.69. The van der Waals surface area contributed by atoms with Gasteiger partial charge in [0.25, 0.3) is 0 Å². The molecule has 2 aromatic carbocycles. The number of ether oxygens (including phenoxy) is 2. The summed E-state index contributed by atoms with van der Waals surface area (Å²) >= 11 is 0. The second kappa shape index (κ2) is 6.65. The fourth-order valence-electron chi connectivity index (χ4n) is 2.89. The van der Waals surface area contributed by atoms with Gasteiger partial charge in [0.2, 0.25) is 0 Å². The molecule has 1 unspecified atom stereocenters. The summed E-state index contributed by atoms with van der Waals surface area (Å²) in [5, 5.41) is 0. The zero-order chi connectivity index (χ0) is 15.4. The van der Waals surface area contributed by atoms with Gasteiger partial charge >= 0.3 is 5.97 Å². The first-order valence-electron chi connectivity index (χ1n) is 7.66. The molecule has 1 aliphatic carbocycles. The van der Waals surface area contributed by atoms with Gasteiger partial charge in [-0.05, 0) is 48.1 Å². The third kappa shape index (κ3) is 3.30. The van der Waals surface area contributed by atoms with E-state index in [-0.39, 0.29) is 12.1 Å². The lowest BCUT2D eigenvalue weighted by Gasteiger charge is -2.15. The van der Waals surface area contributed by atoms with Gasteiger partial charge in [0.15, 0.2) is 0 Å². The largest absolute Gasteiger partial charge is 0.486 e. The molecule has 1 atom stereocenters. The summed E-state index contributed by atoms with van der Waals surface area (Å²) < 4.78 is 10.8. The molecule has 0 radical (unpaired) electrons. The van der Waals surface area contributed by atoms with Crippen molar-refractivity contribution in [2.24, 2.45) is 0 Å². The molecule has 3 nitrogen and oxygen atoms in total. The molecule has 0 saturated carbocycles. The van der Waals surface area contributed by atoms with Crippen LogP contribution in [0, 0.1) is 0 Å². The van der Waals surface area contributed by atoms with E-state index < -0.39 is 0 Å². The molecule has 0 amide bonds. The number of fused-ring (bicyclic) bond motifs is 1. The molecule has 0 bridgehead atoms. The summed E-state index contributed by atoms with van der Waals surface area (Å²) in [6.07, 6.45) is 3.37. The number of hydrogen-bond donors (Lipinski definition) is 0. The highest BCUT2D eigenvalue weighted by Gasteiger charge is 2.23. The van der Waals surface area contributed by atoms with Gasteiger partial charge < -0.3 is 9.47 Å². The van der Waals surface area contributed by atoms with Gasteiger partial charge in [-0.15, -0.1) is 0 Å². The van der Waals surface area contributed by atoms with Gasteiger partial charge in [0, 0.05) is 6.42 Å². The van der Waals surface area contributed by atoms with Gasteiger partial charge in [0.05, 0.1) is 7.11 Å². The Balaban J connectivity index is 1.61. The van der Waals surface area contributed by atoms with Crippen molar-refractivity contribution in [3.8, 4) is 5.75 Å². The van der Waals surface area contributed by atoms with E-state index in [2.05, 4.69) is 29.0 Å². The minimum absolute atomic E-state index is 0.150. The van der Waals surface area contributed by atoms with E-state index >= 15 is 0 Å². The van der Waals surface area contributed by atoms with Crippen LogP contribution in [0.15, 0.2) is 48.5 Å². The maximum absolute atomic E-state index is 11.2. The predicted molar refractivity (Wildman–Crippen MR) is 84.9 cm³/mol. The van der Waals surface area contributed by atoms with E-state index in [0.29, 0.717) is 12.8 Å². The lowest BCUT2D eigenvalue weighted by molar-refractivity contribution is -0.140. The minimum Gasteiger partial charge on any atom is -0.486 e.